The van der Waals surface area contributed by atoms with Crippen LogP contribution in [-0.2, 0) is 0 Å². The molecule has 3 nitrogen and oxygen atoms in total. The summed E-state index contributed by atoms with van der Waals surface area (Å²) in [6.07, 6.45) is -3.92. The van der Waals surface area contributed by atoms with Gasteiger partial charge in [-0.1, -0.05) is 6.92 Å². The van der Waals surface area contributed by atoms with Crippen LogP contribution in [0.15, 0.2) is 4.99 Å². The lowest BCUT2D eigenvalue weighted by Gasteiger charge is -2.34. The Labute approximate surface area is 117 Å². The molecule has 0 aromatic heterocycles. The molecule has 1 fully saturated rings. The predicted octanol–water partition coefficient (Wildman–Crippen LogP) is 2.73. The van der Waals surface area contributed by atoms with E-state index in [1.807, 2.05) is 18.7 Å². The molecule has 1 atom stereocenters. The van der Waals surface area contributed by atoms with Gasteiger partial charge in [0.2, 0.25) is 0 Å². The van der Waals surface area contributed by atoms with E-state index in [2.05, 4.69) is 22.1 Å². The standard InChI is InChI=1S/C12H22F3N3S/c1-3-10-9-18(7-8-19-10)11(16-4-2)17-6-5-12(13,14)15/h10H,3-9H2,1-2H3,(H,16,17). The number of halogens is 3. The van der Waals surface area contributed by atoms with E-state index in [-0.39, 0.29) is 6.54 Å². The Bertz CT molecular complexity index is 294. The first-order valence-electron chi connectivity index (χ1n) is 6.68. The lowest BCUT2D eigenvalue weighted by Crippen LogP contribution is -2.48. The van der Waals surface area contributed by atoms with Gasteiger partial charge in [-0.15, -0.1) is 0 Å². The minimum atomic E-state index is -4.13. The molecule has 1 saturated heterocycles. The van der Waals surface area contributed by atoms with Gasteiger partial charge in [-0.05, 0) is 13.3 Å². The third-order valence-corrected chi connectivity index (χ3v) is 4.26. The van der Waals surface area contributed by atoms with E-state index in [1.54, 1.807) is 0 Å². The van der Waals surface area contributed by atoms with E-state index >= 15 is 0 Å². The average molecular weight is 297 g/mol. The second kappa shape index (κ2) is 7.87. The van der Waals surface area contributed by atoms with Gasteiger partial charge in [0.15, 0.2) is 5.96 Å². The van der Waals surface area contributed by atoms with Crippen molar-refractivity contribution in [1.82, 2.24) is 10.2 Å². The minimum Gasteiger partial charge on any atom is -0.357 e. The summed E-state index contributed by atoms with van der Waals surface area (Å²) in [7, 11) is 0. The Balaban J connectivity index is 2.57. The number of rotatable bonds is 4. The molecular formula is C12H22F3N3S. The number of nitrogens with one attached hydrogen (secondary N) is 1. The first kappa shape index (κ1) is 16.5. The number of guanidine groups is 1. The zero-order valence-corrected chi connectivity index (χ0v) is 12.3. The van der Waals surface area contributed by atoms with E-state index in [0.29, 0.717) is 17.8 Å². The summed E-state index contributed by atoms with van der Waals surface area (Å²) < 4.78 is 36.4. The first-order valence-corrected chi connectivity index (χ1v) is 7.72. The van der Waals surface area contributed by atoms with Gasteiger partial charge in [0.1, 0.15) is 0 Å². The van der Waals surface area contributed by atoms with Crippen LogP contribution in [0.2, 0.25) is 0 Å². The fourth-order valence-electron chi connectivity index (χ4n) is 1.87. The Kier molecular flexibility index (Phi) is 6.82. The Morgan fingerprint density at radius 2 is 2.16 bits per heavy atom. The number of aliphatic imine (C=N–C) groups is 1. The maximum Gasteiger partial charge on any atom is 0.390 e. The van der Waals surface area contributed by atoms with Gasteiger partial charge >= 0.3 is 6.18 Å². The smallest absolute Gasteiger partial charge is 0.357 e. The van der Waals surface area contributed by atoms with Crippen molar-refractivity contribution in [2.45, 2.75) is 38.1 Å². The van der Waals surface area contributed by atoms with Crippen molar-refractivity contribution in [2.75, 3.05) is 31.9 Å². The van der Waals surface area contributed by atoms with Crippen molar-refractivity contribution in [3.63, 3.8) is 0 Å². The summed E-state index contributed by atoms with van der Waals surface area (Å²) in [6.45, 7) is 6.24. The molecule has 7 heteroatoms. The number of hydrogen-bond donors (Lipinski definition) is 1. The second-order valence-corrected chi connectivity index (χ2v) is 5.86. The van der Waals surface area contributed by atoms with Crippen LogP contribution in [0, 0.1) is 0 Å². The van der Waals surface area contributed by atoms with E-state index in [0.717, 1.165) is 25.3 Å². The molecule has 1 unspecified atom stereocenters. The molecule has 1 aliphatic heterocycles. The van der Waals surface area contributed by atoms with Crippen LogP contribution in [0.25, 0.3) is 0 Å². The molecule has 19 heavy (non-hydrogen) atoms. The molecule has 0 aromatic rings. The molecule has 1 N–H and O–H groups in total. The summed E-state index contributed by atoms with van der Waals surface area (Å²) >= 11 is 1.93. The quantitative estimate of drug-likeness (QED) is 0.639. The van der Waals surface area contributed by atoms with Crippen molar-refractivity contribution >= 4 is 17.7 Å². The number of hydrogen-bond acceptors (Lipinski definition) is 2. The molecule has 1 heterocycles. The third-order valence-electron chi connectivity index (χ3n) is 2.89. The molecule has 0 aromatic carbocycles. The zero-order valence-electron chi connectivity index (χ0n) is 11.5. The van der Waals surface area contributed by atoms with Gasteiger partial charge in [-0.2, -0.15) is 24.9 Å². The molecule has 112 valence electrons. The molecule has 0 bridgehead atoms. The lowest BCUT2D eigenvalue weighted by atomic mass is 10.3. The fraction of sp³-hybridized carbons (Fsp3) is 0.917. The highest BCUT2D eigenvalue weighted by atomic mass is 32.2. The summed E-state index contributed by atoms with van der Waals surface area (Å²) in [5, 5.41) is 3.62. The lowest BCUT2D eigenvalue weighted by molar-refractivity contribution is -0.132. The molecule has 0 amide bonds. The zero-order chi connectivity index (χ0) is 14.3. The topological polar surface area (TPSA) is 27.6 Å². The molecule has 0 radical (unpaired) electrons. The van der Waals surface area contributed by atoms with Gasteiger partial charge in [0, 0.05) is 30.6 Å². The summed E-state index contributed by atoms with van der Waals surface area (Å²) in [6, 6.07) is 0. The van der Waals surface area contributed by atoms with Crippen LogP contribution in [0.5, 0.6) is 0 Å². The van der Waals surface area contributed by atoms with Crippen molar-refractivity contribution in [3.05, 3.63) is 0 Å². The van der Waals surface area contributed by atoms with E-state index in [9.17, 15) is 13.2 Å². The molecule has 1 aliphatic rings. The highest BCUT2D eigenvalue weighted by Crippen LogP contribution is 2.22. The Morgan fingerprint density at radius 1 is 1.42 bits per heavy atom. The van der Waals surface area contributed by atoms with Crippen LogP contribution in [0.3, 0.4) is 0 Å². The van der Waals surface area contributed by atoms with Gasteiger partial charge < -0.3 is 10.2 Å². The van der Waals surface area contributed by atoms with E-state index in [4.69, 9.17) is 0 Å². The fourth-order valence-corrected chi connectivity index (χ4v) is 3.05. The van der Waals surface area contributed by atoms with Crippen molar-refractivity contribution in [3.8, 4) is 0 Å². The van der Waals surface area contributed by atoms with Crippen molar-refractivity contribution < 1.29 is 13.2 Å². The second-order valence-electron chi connectivity index (χ2n) is 4.45. The molecule has 1 rings (SSSR count). The maximum atomic E-state index is 12.1. The SMILES string of the molecule is CCNC(=NCCC(F)(F)F)N1CCSC(CC)C1. The van der Waals surface area contributed by atoms with Gasteiger partial charge in [-0.3, -0.25) is 4.99 Å². The summed E-state index contributed by atoms with van der Waals surface area (Å²) in [4.78, 5) is 6.17. The highest BCUT2D eigenvalue weighted by molar-refractivity contribution is 8.00. The number of nitrogens with zero attached hydrogens (tertiary/aromatic N) is 2. The molecule has 0 spiro atoms. The monoisotopic (exact) mass is 297 g/mol. The number of alkyl halides is 3. The average Bonchev–Trinajstić information content (AvgIpc) is 2.36. The predicted molar refractivity (Wildman–Crippen MR) is 74.8 cm³/mol. The number of thioether (sulfide) groups is 1. The van der Waals surface area contributed by atoms with Crippen LogP contribution >= 0.6 is 11.8 Å². The normalized spacial score (nSPS) is 21.6. The van der Waals surface area contributed by atoms with Crippen molar-refractivity contribution in [1.29, 1.82) is 0 Å². The van der Waals surface area contributed by atoms with Gasteiger partial charge in [0.05, 0.1) is 13.0 Å². The summed E-state index contributed by atoms with van der Waals surface area (Å²) in [5.74, 6) is 1.62. The van der Waals surface area contributed by atoms with Crippen LogP contribution in [0.1, 0.15) is 26.7 Å². The minimum absolute atomic E-state index is 0.202. The van der Waals surface area contributed by atoms with Crippen molar-refractivity contribution in [2.24, 2.45) is 4.99 Å². The van der Waals surface area contributed by atoms with Gasteiger partial charge in [0.25, 0.3) is 0 Å². The largest absolute Gasteiger partial charge is 0.390 e. The maximum absolute atomic E-state index is 12.1. The first-order chi connectivity index (χ1) is 8.96. The van der Waals surface area contributed by atoms with E-state index in [1.165, 1.54) is 0 Å². The van der Waals surface area contributed by atoms with Crippen LogP contribution in [0.4, 0.5) is 13.2 Å². The van der Waals surface area contributed by atoms with Crippen LogP contribution in [-0.4, -0.2) is 54.2 Å². The van der Waals surface area contributed by atoms with E-state index < -0.39 is 12.6 Å². The molecule has 0 saturated carbocycles. The summed E-state index contributed by atoms with van der Waals surface area (Å²) in [5.41, 5.74) is 0. The Hall–Kier alpha value is -0.590. The highest BCUT2D eigenvalue weighted by Gasteiger charge is 2.27. The molecule has 0 aliphatic carbocycles. The van der Waals surface area contributed by atoms with Crippen LogP contribution < -0.4 is 5.32 Å². The molecular weight excluding hydrogens is 275 g/mol. The Morgan fingerprint density at radius 3 is 2.74 bits per heavy atom. The van der Waals surface area contributed by atoms with Gasteiger partial charge in [-0.25, -0.2) is 0 Å². The third kappa shape index (κ3) is 6.40.